The third-order valence-corrected chi connectivity index (χ3v) is 5.80. The van der Waals surface area contributed by atoms with Gasteiger partial charge in [0.05, 0.1) is 38.8 Å². The number of hydrogen-bond donors (Lipinski definition) is 4. The lowest BCUT2D eigenvalue weighted by molar-refractivity contribution is -0.193. The van der Waals surface area contributed by atoms with Crippen LogP contribution in [0.25, 0.3) is 33.9 Å². The van der Waals surface area contributed by atoms with Crippen LogP contribution in [0.15, 0.2) is 48.9 Å². The zero-order chi connectivity index (χ0) is 33.2. The van der Waals surface area contributed by atoms with Gasteiger partial charge in [-0.1, -0.05) is 23.2 Å². The van der Waals surface area contributed by atoms with Crippen molar-refractivity contribution in [1.82, 2.24) is 19.9 Å². The van der Waals surface area contributed by atoms with E-state index in [-0.39, 0.29) is 21.4 Å². The summed E-state index contributed by atoms with van der Waals surface area (Å²) >= 11 is 12.4. The lowest BCUT2D eigenvalue weighted by Gasteiger charge is -2.11. The van der Waals surface area contributed by atoms with Gasteiger partial charge in [-0.25, -0.2) is 19.6 Å². The van der Waals surface area contributed by atoms with Crippen LogP contribution in [0.4, 0.5) is 51.0 Å². The van der Waals surface area contributed by atoms with Gasteiger partial charge in [0.1, 0.15) is 17.3 Å². The molecule has 0 amide bonds. The van der Waals surface area contributed by atoms with Crippen molar-refractivity contribution in [2.24, 2.45) is 0 Å². The molecule has 0 saturated carbocycles. The first kappa shape index (κ1) is 33.9. The third-order valence-electron chi connectivity index (χ3n) is 5.20. The molecule has 4 heterocycles. The van der Waals surface area contributed by atoms with E-state index in [1.165, 1.54) is 0 Å². The van der Waals surface area contributed by atoms with Crippen LogP contribution in [0, 0.1) is 0 Å². The second kappa shape index (κ2) is 12.6. The zero-order valence-corrected chi connectivity index (χ0v) is 22.3. The van der Waals surface area contributed by atoms with Crippen molar-refractivity contribution in [3.8, 4) is 33.9 Å². The minimum absolute atomic E-state index is 0.154. The van der Waals surface area contributed by atoms with Crippen molar-refractivity contribution in [3.05, 3.63) is 64.5 Å². The van der Waals surface area contributed by atoms with E-state index in [1.54, 1.807) is 30.7 Å². The largest absolute Gasteiger partial charge is 0.490 e. The maximum Gasteiger partial charge on any atom is 0.490 e. The maximum atomic E-state index is 13.1. The van der Waals surface area contributed by atoms with Gasteiger partial charge in [0.25, 0.3) is 0 Å². The average Bonchev–Trinajstić information content (AvgIpc) is 3.27. The molecule has 4 N–H and O–H groups in total. The third kappa shape index (κ3) is 7.87. The minimum atomic E-state index is -5.08. The molecule has 4 aromatic rings. The van der Waals surface area contributed by atoms with Crippen LogP contribution < -0.4 is 5.32 Å². The second-order valence-electron chi connectivity index (χ2n) is 8.17. The summed E-state index contributed by atoms with van der Waals surface area (Å²) in [6.07, 6.45) is -9.80. The number of nitrogens with zero attached hydrogens (tertiary/aromatic N) is 3. The van der Waals surface area contributed by atoms with Crippen molar-refractivity contribution in [3.63, 3.8) is 0 Å². The number of carbonyl (C=O) groups is 2. The topological polar surface area (TPSA) is 141 Å². The number of benzene rings is 1. The molecular weight excluding hydrogens is 664 g/mol. The van der Waals surface area contributed by atoms with Crippen LogP contribution in [0.3, 0.4) is 0 Å². The number of aliphatic carboxylic acids is 2. The second-order valence-corrected chi connectivity index (χ2v) is 8.99. The fourth-order valence-electron chi connectivity index (χ4n) is 3.38. The van der Waals surface area contributed by atoms with Gasteiger partial charge in [-0.3, -0.25) is 4.98 Å². The van der Waals surface area contributed by atoms with Gasteiger partial charge < -0.3 is 20.5 Å². The molecule has 1 aliphatic rings. The Morgan fingerprint density at radius 1 is 0.818 bits per heavy atom. The molecule has 0 fully saturated rings. The van der Waals surface area contributed by atoms with E-state index >= 15 is 0 Å². The molecule has 3 aromatic heterocycles. The van der Waals surface area contributed by atoms with Gasteiger partial charge in [0.15, 0.2) is 0 Å². The number of H-pyrrole nitrogens is 1. The molecule has 0 atom stereocenters. The molecule has 0 unspecified atom stereocenters. The lowest BCUT2D eigenvalue weighted by atomic mass is 10.1. The Hall–Kier alpha value is -4.58. The molecule has 44 heavy (non-hydrogen) atoms. The van der Waals surface area contributed by atoms with Crippen LogP contribution in [0.5, 0.6) is 0 Å². The summed E-state index contributed by atoms with van der Waals surface area (Å²) in [5.41, 5.74) is 2.67. The van der Waals surface area contributed by atoms with E-state index in [9.17, 15) is 39.5 Å². The summed E-state index contributed by atoms with van der Waals surface area (Å²) in [6.45, 7) is 0. The average molecular weight is 676 g/mol. The Labute approximate surface area is 248 Å². The molecule has 0 aliphatic carbocycles. The summed E-state index contributed by atoms with van der Waals surface area (Å²) in [5.74, 6) is -4.68. The lowest BCUT2D eigenvalue weighted by Crippen LogP contribution is -2.21. The molecular formula is C24H12Cl2F9N5O4. The van der Waals surface area contributed by atoms with Crippen molar-refractivity contribution >= 4 is 46.6 Å². The number of carboxylic acid groups (broad SMARTS) is 2. The number of anilines is 2. The first-order valence-electron chi connectivity index (χ1n) is 11.2. The fraction of sp³-hybridized carbons (Fsp3) is 0.125. The molecule has 9 nitrogen and oxygen atoms in total. The Kier molecular flexibility index (Phi) is 9.69. The van der Waals surface area contributed by atoms with E-state index in [0.29, 0.717) is 28.5 Å². The molecule has 5 rings (SSSR count). The highest BCUT2D eigenvalue weighted by Crippen LogP contribution is 2.45. The number of imidazole rings is 1. The molecule has 1 aromatic carbocycles. The number of nitrogens with one attached hydrogen (secondary N) is 2. The molecule has 0 saturated heterocycles. The van der Waals surface area contributed by atoms with E-state index in [1.807, 2.05) is 6.07 Å². The Balaban J connectivity index is 0.000000317. The number of carboxylic acids is 2. The summed E-state index contributed by atoms with van der Waals surface area (Å²) in [7, 11) is 0. The number of alkyl halides is 9. The van der Waals surface area contributed by atoms with Gasteiger partial charge in [0.2, 0.25) is 0 Å². The van der Waals surface area contributed by atoms with E-state index < -0.39 is 36.0 Å². The highest BCUT2D eigenvalue weighted by Gasteiger charge is 2.39. The number of aromatic nitrogens is 4. The predicted molar refractivity (Wildman–Crippen MR) is 136 cm³/mol. The van der Waals surface area contributed by atoms with E-state index in [2.05, 4.69) is 25.3 Å². The summed E-state index contributed by atoms with van der Waals surface area (Å²) < 4.78 is 103. The van der Waals surface area contributed by atoms with Gasteiger partial charge >= 0.3 is 30.5 Å². The standard InChI is InChI=1S/C20H10Cl2F3N5.2C2HF3O2/c21-12-6-9(20(23,24)25)7-13(22)15(12)19-29-16-10-3-5-26-8-14(10)28-18-11(17(16)30-19)2-1-4-27-18;2*3-2(4,5)1(6)7/h1-8H,(H,27,28)(H,29,30);2*(H,6,7). The number of aromatic amines is 1. The monoisotopic (exact) mass is 675 g/mol. The first-order valence-corrected chi connectivity index (χ1v) is 11.9. The first-order chi connectivity index (χ1) is 20.2. The van der Waals surface area contributed by atoms with Crippen LogP contribution in [-0.4, -0.2) is 54.4 Å². The molecule has 0 spiro atoms. The highest BCUT2D eigenvalue weighted by molar-refractivity contribution is 6.39. The SMILES string of the molecule is FC(F)(F)c1cc(Cl)c(-c2nc3c([nH]2)-c2ccncc2Nc2ncccc2-3)c(Cl)c1.O=C(O)C(F)(F)F.O=C(O)C(F)(F)F. The van der Waals surface area contributed by atoms with Gasteiger partial charge in [0, 0.05) is 23.5 Å². The van der Waals surface area contributed by atoms with Crippen LogP contribution in [-0.2, 0) is 15.8 Å². The predicted octanol–water partition coefficient (Wildman–Crippen LogP) is 7.85. The normalized spacial score (nSPS) is 12.1. The van der Waals surface area contributed by atoms with E-state index in [0.717, 1.165) is 17.7 Å². The van der Waals surface area contributed by atoms with E-state index in [4.69, 9.17) is 43.0 Å². The number of rotatable bonds is 1. The Morgan fingerprint density at radius 2 is 1.36 bits per heavy atom. The Morgan fingerprint density at radius 3 is 1.86 bits per heavy atom. The molecule has 0 radical (unpaired) electrons. The van der Waals surface area contributed by atoms with Crippen LogP contribution in [0.1, 0.15) is 5.56 Å². The summed E-state index contributed by atoms with van der Waals surface area (Å²) in [5, 5.41) is 17.2. The Bertz CT molecular complexity index is 1600. The highest BCUT2D eigenvalue weighted by atomic mass is 35.5. The van der Waals surface area contributed by atoms with Gasteiger partial charge in [-0.15, -0.1) is 0 Å². The fourth-order valence-corrected chi connectivity index (χ4v) is 4.05. The van der Waals surface area contributed by atoms with Crippen molar-refractivity contribution < 1.29 is 59.3 Å². The summed E-state index contributed by atoms with van der Waals surface area (Å²) in [4.78, 5) is 34.1. The van der Waals surface area contributed by atoms with Crippen LogP contribution in [0.2, 0.25) is 10.0 Å². The molecule has 1 aliphatic heterocycles. The maximum absolute atomic E-state index is 13.1. The quantitative estimate of drug-likeness (QED) is 0.132. The number of fused-ring (bicyclic) bond motifs is 5. The number of pyridine rings is 2. The number of halogens is 11. The van der Waals surface area contributed by atoms with Crippen molar-refractivity contribution in [2.75, 3.05) is 5.32 Å². The molecule has 0 bridgehead atoms. The smallest absolute Gasteiger partial charge is 0.475 e. The van der Waals surface area contributed by atoms with Gasteiger partial charge in [-0.2, -0.15) is 39.5 Å². The molecule has 20 heteroatoms. The molecule has 234 valence electrons. The van der Waals surface area contributed by atoms with Crippen LogP contribution >= 0.6 is 23.2 Å². The zero-order valence-electron chi connectivity index (χ0n) is 20.8. The van der Waals surface area contributed by atoms with Crippen molar-refractivity contribution in [1.29, 1.82) is 0 Å². The number of hydrogen-bond acceptors (Lipinski definition) is 6. The minimum Gasteiger partial charge on any atom is -0.475 e. The summed E-state index contributed by atoms with van der Waals surface area (Å²) in [6, 6.07) is 7.08. The van der Waals surface area contributed by atoms with Gasteiger partial charge in [-0.05, 0) is 30.3 Å². The van der Waals surface area contributed by atoms with Crippen molar-refractivity contribution in [2.45, 2.75) is 18.5 Å².